The van der Waals surface area contributed by atoms with Crippen molar-refractivity contribution in [1.29, 1.82) is 0 Å². The third-order valence-electron chi connectivity index (χ3n) is 4.18. The van der Waals surface area contributed by atoms with Gasteiger partial charge in [0, 0.05) is 5.56 Å². The van der Waals surface area contributed by atoms with E-state index < -0.39 is 5.97 Å². The van der Waals surface area contributed by atoms with E-state index >= 15 is 0 Å². The minimum atomic E-state index is -0.526. The topological polar surface area (TPSA) is 83.0 Å². The molecule has 2 heterocycles. The molecule has 0 atom stereocenters. The van der Waals surface area contributed by atoms with Crippen molar-refractivity contribution in [3.8, 4) is 11.3 Å². The van der Waals surface area contributed by atoms with Gasteiger partial charge in [-0.05, 0) is 36.5 Å². The van der Waals surface area contributed by atoms with E-state index in [-0.39, 0.29) is 5.69 Å². The average Bonchev–Trinajstić information content (AvgIpc) is 3.34. The summed E-state index contributed by atoms with van der Waals surface area (Å²) in [6, 6.07) is 6.45. The summed E-state index contributed by atoms with van der Waals surface area (Å²) in [5.74, 6) is -0.150. The predicted molar refractivity (Wildman–Crippen MR) is 84.4 cm³/mol. The molecule has 7 heteroatoms. The van der Waals surface area contributed by atoms with Gasteiger partial charge in [-0.25, -0.2) is 14.5 Å². The first-order valence-electron chi connectivity index (χ1n) is 7.78. The molecule has 0 spiro atoms. The second-order valence-electron chi connectivity index (χ2n) is 5.76. The van der Waals surface area contributed by atoms with Gasteiger partial charge < -0.3 is 9.15 Å². The third-order valence-corrected chi connectivity index (χ3v) is 4.18. The third kappa shape index (κ3) is 2.68. The normalized spacial score (nSPS) is 13.0. The van der Waals surface area contributed by atoms with E-state index in [9.17, 15) is 4.79 Å². The van der Waals surface area contributed by atoms with Crippen LogP contribution in [0.2, 0.25) is 0 Å². The molecule has 3 aromatic rings. The zero-order chi connectivity index (χ0) is 16.5. The van der Waals surface area contributed by atoms with Crippen LogP contribution in [0.15, 0.2) is 35.1 Å². The molecule has 0 bridgehead atoms. The number of ether oxygens (including phenoxy) is 1. The molecule has 0 N–H and O–H groups in total. The number of carbonyl (C=O) groups is 1. The quantitative estimate of drug-likeness (QED) is 0.685. The Balaban J connectivity index is 1.52. The number of carbonyl (C=O) groups excluding carboxylic acids is 1. The summed E-state index contributed by atoms with van der Waals surface area (Å²) in [6.07, 6.45) is 6.63. The zero-order valence-electron chi connectivity index (χ0n) is 13.2. The number of rotatable bonds is 4. The van der Waals surface area contributed by atoms with Crippen molar-refractivity contribution >= 4 is 5.97 Å². The molecule has 4 rings (SSSR count). The fourth-order valence-electron chi connectivity index (χ4n) is 2.96. The van der Waals surface area contributed by atoms with Crippen LogP contribution in [0.3, 0.4) is 0 Å². The van der Waals surface area contributed by atoms with Gasteiger partial charge in [-0.3, -0.25) is 0 Å². The maximum absolute atomic E-state index is 11.4. The average molecular weight is 324 g/mol. The molecule has 0 fully saturated rings. The van der Waals surface area contributed by atoms with Crippen LogP contribution in [-0.4, -0.2) is 33.1 Å². The lowest BCUT2D eigenvalue weighted by atomic mass is 10.1. The van der Waals surface area contributed by atoms with Crippen molar-refractivity contribution in [3.05, 3.63) is 53.4 Å². The van der Waals surface area contributed by atoms with Gasteiger partial charge >= 0.3 is 5.97 Å². The van der Waals surface area contributed by atoms with Crippen LogP contribution >= 0.6 is 0 Å². The second kappa shape index (κ2) is 5.92. The van der Waals surface area contributed by atoms with Crippen molar-refractivity contribution in [2.45, 2.75) is 25.8 Å². The van der Waals surface area contributed by atoms with Crippen molar-refractivity contribution in [2.24, 2.45) is 0 Å². The molecule has 0 amide bonds. The van der Waals surface area contributed by atoms with Crippen molar-refractivity contribution in [3.63, 3.8) is 0 Å². The summed E-state index contributed by atoms with van der Waals surface area (Å²) in [7, 11) is 1.30. The van der Waals surface area contributed by atoms with Gasteiger partial charge in [0.2, 0.25) is 5.89 Å². The Bertz CT molecular complexity index is 897. The summed E-state index contributed by atoms with van der Waals surface area (Å²) in [5.41, 5.74) is 4.85. The number of methoxy groups -OCH3 is 1. The van der Waals surface area contributed by atoms with Crippen molar-refractivity contribution in [1.82, 2.24) is 20.0 Å². The van der Waals surface area contributed by atoms with Crippen LogP contribution < -0.4 is 0 Å². The predicted octanol–water partition coefficient (Wildman–Crippen LogP) is 2.26. The number of hydrogen-bond donors (Lipinski definition) is 0. The van der Waals surface area contributed by atoms with Crippen LogP contribution in [0.25, 0.3) is 11.3 Å². The second-order valence-corrected chi connectivity index (χ2v) is 5.76. The number of aryl methyl sites for hydroxylation is 2. The van der Waals surface area contributed by atoms with E-state index in [0.717, 1.165) is 24.1 Å². The number of fused-ring (bicyclic) bond motifs is 1. The molecular weight excluding hydrogens is 308 g/mol. The number of esters is 1. The van der Waals surface area contributed by atoms with Crippen LogP contribution in [-0.2, 0) is 24.1 Å². The van der Waals surface area contributed by atoms with Gasteiger partial charge in [-0.2, -0.15) is 0 Å². The molecule has 1 aliphatic carbocycles. The first-order valence-corrected chi connectivity index (χ1v) is 7.78. The van der Waals surface area contributed by atoms with Crippen molar-refractivity contribution < 1.29 is 13.9 Å². The van der Waals surface area contributed by atoms with E-state index in [2.05, 4.69) is 38.2 Å². The highest BCUT2D eigenvalue weighted by atomic mass is 16.5. The first-order chi connectivity index (χ1) is 11.7. The van der Waals surface area contributed by atoms with Crippen molar-refractivity contribution in [2.75, 3.05) is 7.11 Å². The summed E-state index contributed by atoms with van der Waals surface area (Å²) in [6.45, 7) is 0.301. The Kier molecular flexibility index (Phi) is 3.60. The Morgan fingerprint density at radius 1 is 1.33 bits per heavy atom. The summed E-state index contributed by atoms with van der Waals surface area (Å²) in [4.78, 5) is 15.5. The maximum atomic E-state index is 11.4. The van der Waals surface area contributed by atoms with E-state index in [1.165, 1.54) is 30.9 Å². The van der Waals surface area contributed by atoms with Gasteiger partial charge in [0.15, 0.2) is 5.69 Å². The van der Waals surface area contributed by atoms with Gasteiger partial charge in [0.05, 0.1) is 13.3 Å². The molecule has 1 aromatic carbocycles. The molecule has 0 unspecified atom stereocenters. The number of nitrogens with zero attached hydrogens (tertiary/aromatic N) is 4. The highest BCUT2D eigenvalue weighted by Crippen LogP contribution is 2.27. The fraction of sp³-hybridized carbons (Fsp3) is 0.294. The van der Waals surface area contributed by atoms with E-state index in [1.807, 2.05) is 6.20 Å². The highest BCUT2D eigenvalue weighted by Gasteiger charge is 2.15. The molecule has 0 saturated heterocycles. The molecule has 0 radical (unpaired) electrons. The Morgan fingerprint density at radius 3 is 3.08 bits per heavy atom. The minimum absolute atomic E-state index is 0.145. The Labute approximate surface area is 138 Å². The molecule has 0 saturated carbocycles. The summed E-state index contributed by atoms with van der Waals surface area (Å²) >= 11 is 0. The van der Waals surface area contributed by atoms with E-state index in [0.29, 0.717) is 12.4 Å². The molecule has 0 aliphatic heterocycles. The highest BCUT2D eigenvalue weighted by molar-refractivity contribution is 5.86. The van der Waals surface area contributed by atoms with Gasteiger partial charge in [-0.15, -0.1) is 5.10 Å². The smallest absolute Gasteiger partial charge is 0.360 e. The molecule has 1 aliphatic rings. The standard InChI is InChI=1S/C17H16N4O3/c1-23-17(22)15-10-24-16(18-15)9-21-8-14(19-20-21)13-6-5-11-3-2-4-12(11)7-13/h5-8,10H,2-4,9H2,1H3. The molecular formula is C17H16N4O3. The van der Waals surface area contributed by atoms with Crippen LogP contribution in [0.4, 0.5) is 0 Å². The molecule has 2 aromatic heterocycles. The van der Waals surface area contributed by atoms with Gasteiger partial charge in [-0.1, -0.05) is 17.3 Å². The van der Waals surface area contributed by atoms with Gasteiger partial charge in [0.1, 0.15) is 18.5 Å². The van der Waals surface area contributed by atoms with Crippen LogP contribution in [0.1, 0.15) is 33.9 Å². The summed E-state index contributed by atoms with van der Waals surface area (Å²) < 4.78 is 11.5. The minimum Gasteiger partial charge on any atom is -0.464 e. The largest absolute Gasteiger partial charge is 0.464 e. The molecule has 7 nitrogen and oxygen atoms in total. The number of aromatic nitrogens is 4. The van der Waals surface area contributed by atoms with Crippen LogP contribution in [0.5, 0.6) is 0 Å². The first kappa shape index (κ1) is 14.6. The number of hydrogen-bond acceptors (Lipinski definition) is 6. The lowest BCUT2D eigenvalue weighted by Gasteiger charge is -2.01. The molecule has 24 heavy (non-hydrogen) atoms. The number of benzene rings is 1. The van der Waals surface area contributed by atoms with Crippen LogP contribution in [0, 0.1) is 0 Å². The number of oxazole rings is 1. The van der Waals surface area contributed by atoms with E-state index in [1.54, 1.807) is 4.68 Å². The SMILES string of the molecule is COC(=O)c1coc(Cn2cc(-c3ccc4c(c3)CCC4)nn2)n1. The summed E-state index contributed by atoms with van der Waals surface area (Å²) in [5, 5.41) is 8.32. The monoisotopic (exact) mass is 324 g/mol. The lowest BCUT2D eigenvalue weighted by molar-refractivity contribution is 0.0594. The Morgan fingerprint density at radius 2 is 2.21 bits per heavy atom. The lowest BCUT2D eigenvalue weighted by Crippen LogP contribution is -2.04. The maximum Gasteiger partial charge on any atom is 0.360 e. The zero-order valence-corrected chi connectivity index (χ0v) is 13.2. The fourth-order valence-corrected chi connectivity index (χ4v) is 2.96. The molecule has 122 valence electrons. The van der Waals surface area contributed by atoms with E-state index in [4.69, 9.17) is 4.42 Å². The van der Waals surface area contributed by atoms with Gasteiger partial charge in [0.25, 0.3) is 0 Å². The Hall–Kier alpha value is -2.96.